The zero-order chi connectivity index (χ0) is 19.9. The van der Waals surface area contributed by atoms with Crippen LogP contribution in [0.25, 0.3) is 6.08 Å². The summed E-state index contributed by atoms with van der Waals surface area (Å²) in [6.07, 6.45) is 0.149. The molecule has 7 heteroatoms. The lowest BCUT2D eigenvalue weighted by molar-refractivity contribution is -0.137. The van der Waals surface area contributed by atoms with Crippen LogP contribution in [0, 0.1) is 0 Å². The second kappa shape index (κ2) is 9.46. The first-order chi connectivity index (χ1) is 12.8. The van der Waals surface area contributed by atoms with Gasteiger partial charge < -0.3 is 10.1 Å². The van der Waals surface area contributed by atoms with Gasteiger partial charge in [-0.25, -0.2) is 0 Å². The molecule has 0 fully saturated rings. The van der Waals surface area contributed by atoms with Crippen molar-refractivity contribution in [1.82, 2.24) is 0 Å². The van der Waals surface area contributed by atoms with Crippen LogP contribution in [0.4, 0.5) is 18.9 Å². The van der Waals surface area contributed by atoms with Gasteiger partial charge in [-0.05, 0) is 36.8 Å². The molecule has 1 amide bonds. The first-order valence-corrected chi connectivity index (χ1v) is 8.76. The molecular weight excluding hydrogens is 379 g/mol. The lowest BCUT2D eigenvalue weighted by Crippen LogP contribution is -2.11. The molecule has 0 unspecified atom stereocenters. The van der Waals surface area contributed by atoms with Crippen LogP contribution in [0.2, 0.25) is 5.02 Å². The minimum atomic E-state index is -4.52. The topological polar surface area (TPSA) is 38.3 Å². The van der Waals surface area contributed by atoms with E-state index in [9.17, 15) is 18.0 Å². The van der Waals surface area contributed by atoms with E-state index in [4.69, 9.17) is 16.3 Å². The molecule has 0 aromatic heterocycles. The van der Waals surface area contributed by atoms with Gasteiger partial charge in [-0.2, -0.15) is 13.2 Å². The molecule has 0 saturated heterocycles. The van der Waals surface area contributed by atoms with Crippen LogP contribution < -0.4 is 10.1 Å². The van der Waals surface area contributed by atoms with Crippen molar-refractivity contribution in [3.63, 3.8) is 0 Å². The fourth-order valence-corrected chi connectivity index (χ4v) is 2.38. The Morgan fingerprint density at radius 1 is 1.22 bits per heavy atom. The summed E-state index contributed by atoms with van der Waals surface area (Å²) in [7, 11) is 0. The Bertz CT molecular complexity index is 819. The monoisotopic (exact) mass is 397 g/mol. The maximum atomic E-state index is 12.8. The maximum Gasteiger partial charge on any atom is 0.416 e. The van der Waals surface area contributed by atoms with Gasteiger partial charge >= 0.3 is 6.18 Å². The third kappa shape index (κ3) is 6.32. The van der Waals surface area contributed by atoms with Crippen LogP contribution in [-0.2, 0) is 11.0 Å². The van der Waals surface area contributed by atoms with Crippen molar-refractivity contribution >= 4 is 29.3 Å². The molecule has 0 spiro atoms. The van der Waals surface area contributed by atoms with E-state index >= 15 is 0 Å². The molecule has 144 valence electrons. The van der Waals surface area contributed by atoms with Gasteiger partial charge in [0, 0.05) is 11.6 Å². The van der Waals surface area contributed by atoms with Gasteiger partial charge in [0.25, 0.3) is 0 Å². The standard InChI is InChI=1S/C20H19ClF3NO2/c1-2-3-12-27-18-7-5-4-6-14(18)8-11-19(26)25-17-13-15(20(22,23)24)9-10-16(17)21/h4-11,13H,2-3,12H2,1H3,(H,25,26)/b11-8+. The van der Waals surface area contributed by atoms with Crippen molar-refractivity contribution < 1.29 is 22.7 Å². The molecule has 0 bridgehead atoms. The Morgan fingerprint density at radius 3 is 2.67 bits per heavy atom. The molecule has 0 saturated carbocycles. The van der Waals surface area contributed by atoms with Gasteiger partial charge in [-0.1, -0.05) is 43.1 Å². The highest BCUT2D eigenvalue weighted by molar-refractivity contribution is 6.33. The van der Waals surface area contributed by atoms with E-state index in [-0.39, 0.29) is 10.7 Å². The fraction of sp³-hybridized carbons (Fsp3) is 0.250. The number of halogens is 4. The normalized spacial score (nSPS) is 11.6. The molecule has 0 radical (unpaired) electrons. The molecule has 2 aromatic rings. The third-order valence-corrected chi connectivity index (χ3v) is 3.97. The second-order valence-corrected chi connectivity index (χ2v) is 6.16. The van der Waals surface area contributed by atoms with Crippen LogP contribution in [0.1, 0.15) is 30.9 Å². The smallest absolute Gasteiger partial charge is 0.416 e. The van der Waals surface area contributed by atoms with E-state index < -0.39 is 17.6 Å². The van der Waals surface area contributed by atoms with Crippen molar-refractivity contribution in [1.29, 1.82) is 0 Å². The van der Waals surface area contributed by atoms with Crippen LogP contribution >= 0.6 is 11.6 Å². The SMILES string of the molecule is CCCCOc1ccccc1/C=C/C(=O)Nc1cc(C(F)(F)F)ccc1Cl. The van der Waals surface area contributed by atoms with E-state index in [1.807, 2.05) is 6.07 Å². The molecule has 0 heterocycles. The number of rotatable bonds is 7. The molecule has 0 aliphatic rings. The molecule has 0 aliphatic heterocycles. The average Bonchev–Trinajstić information content (AvgIpc) is 2.62. The number of amides is 1. The number of anilines is 1. The Hall–Kier alpha value is -2.47. The molecule has 0 aliphatic carbocycles. The number of nitrogens with one attached hydrogen (secondary N) is 1. The molecular formula is C20H19ClF3NO2. The first kappa shape index (κ1) is 20.8. The summed E-state index contributed by atoms with van der Waals surface area (Å²) >= 11 is 5.88. The Morgan fingerprint density at radius 2 is 1.96 bits per heavy atom. The molecule has 2 aromatic carbocycles. The fourth-order valence-electron chi connectivity index (χ4n) is 2.21. The highest BCUT2D eigenvalue weighted by Crippen LogP contribution is 2.33. The number of ether oxygens (including phenoxy) is 1. The molecule has 0 atom stereocenters. The Kier molecular flexibility index (Phi) is 7.30. The summed E-state index contributed by atoms with van der Waals surface area (Å²) in [5.41, 5.74) is -0.298. The maximum absolute atomic E-state index is 12.8. The van der Waals surface area contributed by atoms with Gasteiger partial charge in [-0.3, -0.25) is 4.79 Å². The summed E-state index contributed by atoms with van der Waals surface area (Å²) in [6, 6.07) is 9.95. The van der Waals surface area contributed by atoms with Crippen molar-refractivity contribution in [2.75, 3.05) is 11.9 Å². The van der Waals surface area contributed by atoms with Crippen molar-refractivity contribution in [2.45, 2.75) is 25.9 Å². The van der Waals surface area contributed by atoms with Crippen LogP contribution in [0.3, 0.4) is 0 Å². The first-order valence-electron chi connectivity index (χ1n) is 8.39. The lowest BCUT2D eigenvalue weighted by atomic mass is 10.1. The van der Waals surface area contributed by atoms with Crippen molar-refractivity contribution in [2.24, 2.45) is 0 Å². The summed E-state index contributed by atoms with van der Waals surface area (Å²) in [5.74, 6) is 0.0340. The van der Waals surface area contributed by atoms with E-state index in [2.05, 4.69) is 12.2 Å². The zero-order valence-electron chi connectivity index (χ0n) is 14.6. The molecule has 1 N–H and O–H groups in total. The summed E-state index contributed by atoms with van der Waals surface area (Å²) < 4.78 is 44.1. The van der Waals surface area contributed by atoms with E-state index in [0.29, 0.717) is 17.9 Å². The number of para-hydroxylation sites is 1. The number of alkyl halides is 3. The number of carbonyl (C=O) groups is 1. The summed E-state index contributed by atoms with van der Waals surface area (Å²) in [6.45, 7) is 2.62. The molecule has 2 rings (SSSR count). The predicted octanol–water partition coefficient (Wildman–Crippen LogP) is 6.19. The number of benzene rings is 2. The quantitative estimate of drug-likeness (QED) is 0.447. The second-order valence-electron chi connectivity index (χ2n) is 5.75. The van der Waals surface area contributed by atoms with Gasteiger partial charge in [0.15, 0.2) is 0 Å². The zero-order valence-corrected chi connectivity index (χ0v) is 15.4. The van der Waals surface area contributed by atoms with Gasteiger partial charge in [0.2, 0.25) is 5.91 Å². The highest BCUT2D eigenvalue weighted by atomic mass is 35.5. The predicted molar refractivity (Wildman–Crippen MR) is 101 cm³/mol. The average molecular weight is 398 g/mol. The summed E-state index contributed by atoms with van der Waals surface area (Å²) in [4.78, 5) is 12.1. The minimum Gasteiger partial charge on any atom is -0.493 e. The van der Waals surface area contributed by atoms with Crippen LogP contribution in [-0.4, -0.2) is 12.5 Å². The highest BCUT2D eigenvalue weighted by Gasteiger charge is 2.31. The van der Waals surface area contributed by atoms with Crippen LogP contribution in [0.5, 0.6) is 5.75 Å². The largest absolute Gasteiger partial charge is 0.493 e. The third-order valence-electron chi connectivity index (χ3n) is 3.64. The number of hydrogen-bond donors (Lipinski definition) is 1. The van der Waals surface area contributed by atoms with Crippen molar-refractivity contribution in [3.05, 3.63) is 64.7 Å². The van der Waals surface area contributed by atoms with E-state index in [0.717, 1.165) is 31.0 Å². The van der Waals surface area contributed by atoms with Gasteiger partial charge in [0.05, 0.1) is 22.9 Å². The van der Waals surface area contributed by atoms with Crippen molar-refractivity contribution in [3.8, 4) is 5.75 Å². The number of carbonyl (C=O) groups excluding carboxylic acids is 1. The van der Waals surface area contributed by atoms with E-state index in [1.165, 1.54) is 12.2 Å². The molecule has 27 heavy (non-hydrogen) atoms. The van der Waals surface area contributed by atoms with E-state index in [1.54, 1.807) is 18.2 Å². The number of hydrogen-bond acceptors (Lipinski definition) is 2. The van der Waals surface area contributed by atoms with Crippen LogP contribution in [0.15, 0.2) is 48.5 Å². The Labute approximate surface area is 160 Å². The minimum absolute atomic E-state index is 0.0213. The lowest BCUT2D eigenvalue weighted by Gasteiger charge is -2.11. The van der Waals surface area contributed by atoms with Gasteiger partial charge in [-0.15, -0.1) is 0 Å². The van der Waals surface area contributed by atoms with Gasteiger partial charge in [0.1, 0.15) is 5.75 Å². The number of unbranched alkanes of at least 4 members (excludes halogenated alkanes) is 1. The summed E-state index contributed by atoms with van der Waals surface area (Å²) in [5, 5.41) is 2.39. The molecule has 3 nitrogen and oxygen atoms in total. The Balaban J connectivity index is 2.10.